The van der Waals surface area contributed by atoms with Crippen molar-refractivity contribution in [3.05, 3.63) is 23.2 Å². The number of hydrogen-bond acceptors (Lipinski definition) is 5. The molecule has 1 unspecified atom stereocenters. The first-order valence-corrected chi connectivity index (χ1v) is 9.88. The van der Waals surface area contributed by atoms with Gasteiger partial charge in [-0.1, -0.05) is 0 Å². The van der Waals surface area contributed by atoms with Gasteiger partial charge in [0.2, 0.25) is 10.0 Å². The van der Waals surface area contributed by atoms with Crippen molar-refractivity contribution in [2.45, 2.75) is 36.6 Å². The zero-order valence-electron chi connectivity index (χ0n) is 12.5. The van der Waals surface area contributed by atoms with Gasteiger partial charge in [-0.15, -0.1) is 11.3 Å². The van der Waals surface area contributed by atoms with Gasteiger partial charge in [-0.05, 0) is 50.9 Å². The number of aryl methyl sites for hydroxylation is 1. The first-order valence-electron chi connectivity index (χ1n) is 7.62. The van der Waals surface area contributed by atoms with Crippen LogP contribution in [0.25, 0.3) is 10.2 Å². The van der Waals surface area contributed by atoms with E-state index in [0.717, 1.165) is 47.6 Å². The van der Waals surface area contributed by atoms with Crippen LogP contribution in [0.15, 0.2) is 23.1 Å². The molecule has 2 fully saturated rings. The van der Waals surface area contributed by atoms with E-state index in [-0.39, 0.29) is 5.54 Å². The van der Waals surface area contributed by atoms with Gasteiger partial charge < -0.3 is 5.32 Å². The molecule has 1 spiro atoms. The Labute approximate surface area is 134 Å². The Morgan fingerprint density at radius 2 is 2.23 bits per heavy atom. The van der Waals surface area contributed by atoms with Crippen LogP contribution < -0.4 is 5.32 Å². The summed E-state index contributed by atoms with van der Waals surface area (Å²) < 4.78 is 28.9. The van der Waals surface area contributed by atoms with Crippen LogP contribution in [0.1, 0.15) is 24.3 Å². The van der Waals surface area contributed by atoms with Crippen molar-refractivity contribution in [1.29, 1.82) is 0 Å². The Morgan fingerprint density at radius 1 is 1.36 bits per heavy atom. The third kappa shape index (κ3) is 2.11. The van der Waals surface area contributed by atoms with E-state index < -0.39 is 10.0 Å². The van der Waals surface area contributed by atoms with Gasteiger partial charge in [0, 0.05) is 18.6 Å². The zero-order chi connectivity index (χ0) is 15.4. The van der Waals surface area contributed by atoms with E-state index in [1.165, 1.54) is 0 Å². The summed E-state index contributed by atoms with van der Waals surface area (Å²) in [5, 5.41) is 4.29. The highest BCUT2D eigenvalue weighted by Gasteiger charge is 2.49. The van der Waals surface area contributed by atoms with Crippen molar-refractivity contribution in [3.8, 4) is 0 Å². The lowest BCUT2D eigenvalue weighted by Crippen LogP contribution is -2.48. The van der Waals surface area contributed by atoms with Crippen LogP contribution in [-0.2, 0) is 10.0 Å². The Balaban J connectivity index is 1.78. The minimum Gasteiger partial charge on any atom is -0.315 e. The summed E-state index contributed by atoms with van der Waals surface area (Å²) >= 11 is 1.54. The van der Waals surface area contributed by atoms with Gasteiger partial charge >= 0.3 is 0 Å². The van der Waals surface area contributed by atoms with Crippen molar-refractivity contribution in [1.82, 2.24) is 14.6 Å². The SMILES string of the molecule is Cc1nc2ccc(S(=O)(=O)N3CCCC34CCNC4)cc2s1. The molecule has 1 N–H and O–H groups in total. The van der Waals surface area contributed by atoms with Crippen LogP contribution in [0.4, 0.5) is 0 Å². The van der Waals surface area contributed by atoms with Crippen molar-refractivity contribution in [2.24, 2.45) is 0 Å². The Morgan fingerprint density at radius 3 is 3.00 bits per heavy atom. The molecule has 2 aliphatic heterocycles. The summed E-state index contributed by atoms with van der Waals surface area (Å²) in [5.41, 5.74) is 0.664. The van der Waals surface area contributed by atoms with Crippen LogP contribution in [0.3, 0.4) is 0 Å². The molecule has 3 heterocycles. The van der Waals surface area contributed by atoms with E-state index in [1.54, 1.807) is 27.8 Å². The fraction of sp³-hybridized carbons (Fsp3) is 0.533. The van der Waals surface area contributed by atoms with Crippen molar-refractivity contribution >= 4 is 31.6 Å². The summed E-state index contributed by atoms with van der Waals surface area (Å²) in [7, 11) is -3.44. The molecular weight excluding hydrogens is 318 g/mol. The minimum absolute atomic E-state index is 0.211. The molecule has 0 amide bonds. The molecule has 2 aromatic rings. The molecule has 2 aliphatic rings. The smallest absolute Gasteiger partial charge is 0.243 e. The standard InChI is InChI=1S/C15H19N3O2S2/c1-11-17-13-4-3-12(9-14(13)21-11)22(19,20)18-8-2-5-15(18)6-7-16-10-15/h3-4,9,16H,2,5-8,10H2,1H3. The molecule has 5 nitrogen and oxygen atoms in total. The lowest BCUT2D eigenvalue weighted by atomic mass is 9.97. The molecule has 2 saturated heterocycles. The van der Waals surface area contributed by atoms with Gasteiger partial charge in [0.25, 0.3) is 0 Å². The van der Waals surface area contributed by atoms with Crippen LogP contribution in [0, 0.1) is 6.92 Å². The molecule has 0 radical (unpaired) electrons. The number of rotatable bonds is 2. The quantitative estimate of drug-likeness (QED) is 0.912. The maximum atomic E-state index is 13.1. The maximum absolute atomic E-state index is 13.1. The molecular formula is C15H19N3O2S2. The van der Waals surface area contributed by atoms with Gasteiger partial charge in [0.15, 0.2) is 0 Å². The monoisotopic (exact) mass is 337 g/mol. The minimum atomic E-state index is -3.44. The number of nitrogens with one attached hydrogen (secondary N) is 1. The topological polar surface area (TPSA) is 62.3 Å². The molecule has 118 valence electrons. The van der Waals surface area contributed by atoms with Crippen LogP contribution >= 0.6 is 11.3 Å². The molecule has 0 aliphatic carbocycles. The molecule has 1 aromatic heterocycles. The third-order valence-electron chi connectivity index (χ3n) is 4.81. The molecule has 1 atom stereocenters. The molecule has 0 saturated carbocycles. The fourth-order valence-electron chi connectivity index (χ4n) is 3.75. The zero-order valence-corrected chi connectivity index (χ0v) is 14.1. The summed E-state index contributed by atoms with van der Waals surface area (Å²) in [6, 6.07) is 5.30. The summed E-state index contributed by atoms with van der Waals surface area (Å²) in [4.78, 5) is 4.80. The largest absolute Gasteiger partial charge is 0.315 e. The second-order valence-electron chi connectivity index (χ2n) is 6.19. The second kappa shape index (κ2) is 4.99. The fourth-order valence-corrected chi connectivity index (χ4v) is 6.58. The van der Waals surface area contributed by atoms with Gasteiger partial charge in [-0.3, -0.25) is 0 Å². The Hall–Kier alpha value is -1.02. The first-order chi connectivity index (χ1) is 10.5. The maximum Gasteiger partial charge on any atom is 0.243 e. The van der Waals surface area contributed by atoms with Crippen LogP contribution in [0.2, 0.25) is 0 Å². The van der Waals surface area contributed by atoms with E-state index in [4.69, 9.17) is 0 Å². The van der Waals surface area contributed by atoms with E-state index in [9.17, 15) is 8.42 Å². The van der Waals surface area contributed by atoms with Gasteiger partial charge in [-0.25, -0.2) is 13.4 Å². The second-order valence-corrected chi connectivity index (χ2v) is 9.29. The molecule has 7 heteroatoms. The highest BCUT2D eigenvalue weighted by molar-refractivity contribution is 7.89. The summed E-state index contributed by atoms with van der Waals surface area (Å²) in [6.45, 7) is 4.25. The molecule has 22 heavy (non-hydrogen) atoms. The van der Waals surface area contributed by atoms with Gasteiger partial charge in [0.05, 0.1) is 20.1 Å². The molecule has 1 aromatic carbocycles. The first kappa shape index (κ1) is 14.6. The van der Waals surface area contributed by atoms with Crippen molar-refractivity contribution in [2.75, 3.05) is 19.6 Å². The van der Waals surface area contributed by atoms with Gasteiger partial charge in [0.1, 0.15) is 0 Å². The van der Waals surface area contributed by atoms with E-state index in [0.29, 0.717) is 11.4 Å². The van der Waals surface area contributed by atoms with E-state index >= 15 is 0 Å². The number of nitrogens with zero attached hydrogens (tertiary/aromatic N) is 2. The number of hydrogen-bond donors (Lipinski definition) is 1. The summed E-state index contributed by atoms with van der Waals surface area (Å²) in [5.74, 6) is 0. The van der Waals surface area contributed by atoms with Crippen LogP contribution in [-0.4, -0.2) is 42.9 Å². The Kier molecular flexibility index (Phi) is 3.30. The predicted molar refractivity (Wildman–Crippen MR) is 87.7 cm³/mol. The normalized spacial score (nSPS) is 26.4. The number of thiazole rings is 1. The summed E-state index contributed by atoms with van der Waals surface area (Å²) in [6.07, 6.45) is 2.82. The van der Waals surface area contributed by atoms with E-state index in [2.05, 4.69) is 10.3 Å². The lowest BCUT2D eigenvalue weighted by molar-refractivity contribution is 0.264. The predicted octanol–water partition coefficient (Wildman–Crippen LogP) is 2.12. The number of benzene rings is 1. The van der Waals surface area contributed by atoms with Crippen molar-refractivity contribution < 1.29 is 8.42 Å². The third-order valence-corrected chi connectivity index (χ3v) is 7.74. The molecule has 0 bridgehead atoms. The Bertz CT molecular complexity index is 817. The average Bonchev–Trinajstić information content (AvgIpc) is 3.19. The molecule has 4 rings (SSSR count). The number of fused-ring (bicyclic) bond motifs is 1. The number of sulfonamides is 1. The number of aromatic nitrogens is 1. The highest BCUT2D eigenvalue weighted by Crippen LogP contribution is 2.39. The highest BCUT2D eigenvalue weighted by atomic mass is 32.2. The van der Waals surface area contributed by atoms with Crippen molar-refractivity contribution in [3.63, 3.8) is 0 Å². The van der Waals surface area contributed by atoms with Crippen LogP contribution in [0.5, 0.6) is 0 Å². The average molecular weight is 337 g/mol. The van der Waals surface area contributed by atoms with E-state index in [1.807, 2.05) is 13.0 Å². The van der Waals surface area contributed by atoms with Gasteiger partial charge in [-0.2, -0.15) is 4.31 Å². The lowest BCUT2D eigenvalue weighted by Gasteiger charge is -2.33.